The van der Waals surface area contributed by atoms with Crippen LogP contribution in [0.4, 0.5) is 5.69 Å². The van der Waals surface area contributed by atoms with Gasteiger partial charge >= 0.3 is 7.51 Å². The molecule has 0 N–H and O–H groups in total. The first-order chi connectivity index (χ1) is 15.7. The number of nitrogens with zero attached hydrogens (tertiary/aromatic N) is 10. The molecule has 1 rings (SSSR count). The standard InChI is InChI=1S/C23H43N10P/c1-14-19-15-17-20(18-16-19)24-34(25-21(28(2)3)29(4)5,26-22(30(6)7)31(8)9)27-23(32(10)11)33(12)13/h14-18H,1H2,2-13H3. The lowest BCUT2D eigenvalue weighted by Crippen LogP contribution is -2.37. The van der Waals surface area contributed by atoms with E-state index in [4.69, 9.17) is 19.0 Å². The van der Waals surface area contributed by atoms with E-state index in [1.807, 2.05) is 144 Å². The maximum atomic E-state index is 5.16. The van der Waals surface area contributed by atoms with Gasteiger partial charge in [0.1, 0.15) is 0 Å². The number of benzene rings is 1. The highest BCUT2D eigenvalue weighted by Crippen LogP contribution is 2.58. The van der Waals surface area contributed by atoms with Crippen molar-refractivity contribution in [1.29, 1.82) is 0 Å². The molecule has 0 heterocycles. The summed E-state index contributed by atoms with van der Waals surface area (Å²) in [5.74, 6) is 2.17. The third kappa shape index (κ3) is 8.09. The zero-order chi connectivity index (χ0) is 26.2. The summed E-state index contributed by atoms with van der Waals surface area (Å²) in [6.07, 6.45) is 1.81. The Morgan fingerprint density at radius 2 is 0.882 bits per heavy atom. The highest BCUT2D eigenvalue weighted by molar-refractivity contribution is 7.63. The summed E-state index contributed by atoms with van der Waals surface area (Å²) in [5, 5.41) is 0. The second kappa shape index (κ2) is 12.5. The predicted octanol–water partition coefficient (Wildman–Crippen LogP) is 3.34. The minimum atomic E-state index is -3.12. The van der Waals surface area contributed by atoms with Gasteiger partial charge in [-0.25, -0.2) is 4.74 Å². The maximum absolute atomic E-state index is 5.16. The SMILES string of the molecule is C=Cc1ccc(N=P(N=C(N(C)C)N(C)C)(N=C(N(C)C)N(C)C)N=C(N(C)C)N(C)C)cc1. The van der Waals surface area contributed by atoms with Crippen molar-refractivity contribution < 1.29 is 0 Å². The minimum Gasteiger partial charge on any atom is -0.349 e. The molecule has 0 saturated heterocycles. The number of rotatable bonds is 5. The van der Waals surface area contributed by atoms with Crippen LogP contribution in [0.3, 0.4) is 0 Å². The average molecular weight is 491 g/mol. The monoisotopic (exact) mass is 490 g/mol. The van der Waals surface area contributed by atoms with Crippen molar-refractivity contribution in [2.75, 3.05) is 84.6 Å². The van der Waals surface area contributed by atoms with E-state index < -0.39 is 7.51 Å². The van der Waals surface area contributed by atoms with Crippen LogP contribution in [-0.4, -0.2) is 132 Å². The lowest BCUT2D eigenvalue weighted by atomic mass is 10.2. The minimum absolute atomic E-state index is 0.723. The fourth-order valence-electron chi connectivity index (χ4n) is 3.06. The Balaban J connectivity index is 4.28. The second-order valence-electron chi connectivity index (χ2n) is 9.00. The van der Waals surface area contributed by atoms with Gasteiger partial charge in [0.2, 0.25) is 17.9 Å². The molecule has 0 unspecified atom stereocenters. The molecule has 34 heavy (non-hydrogen) atoms. The summed E-state index contributed by atoms with van der Waals surface area (Å²) in [5.41, 5.74) is 1.77. The van der Waals surface area contributed by atoms with Gasteiger partial charge in [0.05, 0.1) is 5.69 Å². The summed E-state index contributed by atoms with van der Waals surface area (Å²) in [6, 6.07) is 7.86. The first-order valence-corrected chi connectivity index (χ1v) is 12.5. The van der Waals surface area contributed by atoms with Gasteiger partial charge in [-0.2, -0.15) is 14.3 Å². The molecule has 0 bridgehead atoms. The molecule has 1 aromatic rings. The van der Waals surface area contributed by atoms with E-state index in [0.29, 0.717) is 0 Å². The molecule has 190 valence electrons. The second-order valence-corrected chi connectivity index (χ2v) is 10.9. The van der Waals surface area contributed by atoms with E-state index in [2.05, 4.69) is 6.58 Å². The van der Waals surface area contributed by atoms with Gasteiger partial charge in [0, 0.05) is 84.6 Å². The zero-order valence-corrected chi connectivity index (χ0v) is 23.9. The van der Waals surface area contributed by atoms with Crippen molar-refractivity contribution >= 4 is 37.1 Å². The molecule has 0 atom stereocenters. The van der Waals surface area contributed by atoms with E-state index in [-0.39, 0.29) is 0 Å². The first kappa shape index (κ1) is 29.0. The molecule has 1 aromatic carbocycles. The Morgan fingerprint density at radius 3 is 1.12 bits per heavy atom. The van der Waals surface area contributed by atoms with Crippen LogP contribution in [0.25, 0.3) is 6.08 Å². The summed E-state index contributed by atoms with van der Waals surface area (Å²) in [6.45, 7) is 3.85. The van der Waals surface area contributed by atoms with Crippen molar-refractivity contribution in [2.45, 2.75) is 0 Å². The summed E-state index contributed by atoms with van der Waals surface area (Å²) < 4.78 is 20.6. The quantitative estimate of drug-likeness (QED) is 0.358. The van der Waals surface area contributed by atoms with Gasteiger partial charge in [-0.15, -0.1) is 0 Å². The lowest BCUT2D eigenvalue weighted by molar-refractivity contribution is 0.482. The molecular weight excluding hydrogens is 447 g/mol. The van der Waals surface area contributed by atoms with Gasteiger partial charge in [-0.3, -0.25) is 0 Å². The van der Waals surface area contributed by atoms with Gasteiger partial charge < -0.3 is 29.4 Å². The molecule has 0 aliphatic heterocycles. The Hall–Kier alpha value is -3.00. The maximum Gasteiger partial charge on any atom is 0.314 e. The largest absolute Gasteiger partial charge is 0.349 e. The van der Waals surface area contributed by atoms with Gasteiger partial charge in [-0.05, 0) is 17.7 Å². The van der Waals surface area contributed by atoms with Crippen LogP contribution in [0.5, 0.6) is 0 Å². The summed E-state index contributed by atoms with van der Waals surface area (Å²) in [4.78, 5) is 11.7. The molecule has 0 fully saturated rings. The van der Waals surface area contributed by atoms with Crippen LogP contribution < -0.4 is 0 Å². The van der Waals surface area contributed by atoms with Gasteiger partial charge in [-0.1, -0.05) is 24.8 Å². The molecule has 0 amide bonds. The molecular formula is C23H43N10P. The van der Waals surface area contributed by atoms with Gasteiger partial charge in [0.15, 0.2) is 0 Å². The van der Waals surface area contributed by atoms with Crippen molar-refractivity contribution in [3.05, 3.63) is 36.4 Å². The lowest BCUT2D eigenvalue weighted by Gasteiger charge is -2.29. The Labute approximate surface area is 206 Å². The first-order valence-electron chi connectivity index (χ1n) is 10.9. The third-order valence-electron chi connectivity index (χ3n) is 4.45. The molecule has 0 saturated carbocycles. The molecule has 0 aliphatic rings. The van der Waals surface area contributed by atoms with Crippen molar-refractivity contribution in [2.24, 2.45) is 19.0 Å². The fraction of sp³-hybridized carbons (Fsp3) is 0.522. The molecule has 0 aliphatic carbocycles. The molecule has 0 aromatic heterocycles. The van der Waals surface area contributed by atoms with Crippen LogP contribution in [-0.2, 0) is 0 Å². The Morgan fingerprint density at radius 1 is 0.588 bits per heavy atom. The van der Waals surface area contributed by atoms with Crippen LogP contribution in [0.2, 0.25) is 0 Å². The van der Waals surface area contributed by atoms with Gasteiger partial charge in [0.25, 0.3) is 0 Å². The predicted molar refractivity (Wildman–Crippen MR) is 150 cm³/mol. The molecule has 11 heteroatoms. The number of hydrogen-bond donors (Lipinski definition) is 0. The smallest absolute Gasteiger partial charge is 0.314 e. The molecule has 10 nitrogen and oxygen atoms in total. The van der Waals surface area contributed by atoms with E-state index in [9.17, 15) is 0 Å². The normalized spacial score (nSPS) is 10.5. The van der Waals surface area contributed by atoms with Crippen LogP contribution in [0.15, 0.2) is 49.9 Å². The van der Waals surface area contributed by atoms with Crippen LogP contribution in [0, 0.1) is 0 Å². The van der Waals surface area contributed by atoms with Crippen molar-refractivity contribution in [3.63, 3.8) is 0 Å². The topological polar surface area (TPSA) is 68.9 Å². The summed E-state index contributed by atoms with van der Waals surface area (Å²) in [7, 11) is 20.3. The van der Waals surface area contributed by atoms with Crippen LogP contribution >= 0.6 is 7.51 Å². The highest BCUT2D eigenvalue weighted by Gasteiger charge is 2.26. The van der Waals surface area contributed by atoms with Crippen molar-refractivity contribution in [1.82, 2.24) is 29.4 Å². The van der Waals surface area contributed by atoms with Crippen molar-refractivity contribution in [3.8, 4) is 0 Å². The van der Waals surface area contributed by atoms with E-state index in [0.717, 1.165) is 29.1 Å². The van der Waals surface area contributed by atoms with Crippen LogP contribution in [0.1, 0.15) is 5.56 Å². The summed E-state index contributed by atoms with van der Waals surface area (Å²) >= 11 is 0. The molecule has 0 spiro atoms. The third-order valence-corrected chi connectivity index (χ3v) is 6.29. The van der Waals surface area contributed by atoms with E-state index in [1.165, 1.54) is 0 Å². The fourth-order valence-corrected chi connectivity index (χ4v) is 5.57. The highest BCUT2D eigenvalue weighted by atomic mass is 31.2. The molecule has 0 radical (unpaired) electrons. The number of hydrogen-bond acceptors (Lipinski definition) is 1. The Kier molecular flexibility index (Phi) is 10.6. The van der Waals surface area contributed by atoms with E-state index in [1.54, 1.807) is 0 Å². The average Bonchev–Trinajstić information content (AvgIpc) is 2.73. The number of guanidine groups is 3. The zero-order valence-electron chi connectivity index (χ0n) is 23.0. The Bertz CT molecular complexity index is 844. The van der Waals surface area contributed by atoms with E-state index >= 15 is 0 Å².